The fourth-order valence-electron chi connectivity index (χ4n) is 1.48. The van der Waals surface area contributed by atoms with Gasteiger partial charge in [-0.2, -0.15) is 4.98 Å². The molecule has 0 radical (unpaired) electrons. The second-order valence-electron chi connectivity index (χ2n) is 4.08. The number of carbonyl (C=O) groups excluding carboxylic acids is 1. The summed E-state index contributed by atoms with van der Waals surface area (Å²) in [5, 5.41) is 8.67. The van der Waals surface area contributed by atoms with Crippen LogP contribution in [0.25, 0.3) is 0 Å². The average molecular weight is 311 g/mol. The summed E-state index contributed by atoms with van der Waals surface area (Å²) >= 11 is 0. The number of anilines is 2. The summed E-state index contributed by atoms with van der Waals surface area (Å²) in [6.45, 7) is 0. The molecule has 1 aromatic carbocycles. The molecule has 0 unspecified atom stereocenters. The van der Waals surface area contributed by atoms with Gasteiger partial charge in [0, 0.05) is 11.3 Å². The van der Waals surface area contributed by atoms with Gasteiger partial charge in [-0.1, -0.05) is 0 Å². The fraction of sp³-hybridized carbons (Fsp3) is 0.182. The second-order valence-corrected chi connectivity index (χ2v) is 5.82. The van der Waals surface area contributed by atoms with E-state index in [9.17, 15) is 13.2 Å². The average Bonchev–Trinajstić information content (AvgIpc) is 2.85. The zero-order chi connectivity index (χ0) is 15.5. The van der Waals surface area contributed by atoms with Crippen molar-refractivity contribution in [2.45, 2.75) is 0 Å². The second kappa shape index (κ2) is 5.79. The first kappa shape index (κ1) is 14.8. The molecule has 10 heteroatoms. The third-order valence-corrected chi connectivity index (χ3v) is 2.94. The molecule has 1 amide bonds. The normalized spacial score (nSPS) is 11.0. The van der Waals surface area contributed by atoms with Crippen LogP contribution in [0.15, 0.2) is 24.3 Å². The number of rotatable bonds is 5. The van der Waals surface area contributed by atoms with E-state index in [1.807, 2.05) is 0 Å². The fourth-order valence-corrected chi connectivity index (χ4v) is 2.04. The standard InChI is InChI=1S/C11H13N5O4S/c1-20-11-13-10(14-15-11)12-9(17)7-3-5-8(6-4-7)16-21(2,18)19/h3-6,16H,1-2H3,(H2,12,13,14,15,17). The first-order valence-corrected chi connectivity index (χ1v) is 7.62. The molecule has 1 heterocycles. The van der Waals surface area contributed by atoms with Crippen LogP contribution in [-0.4, -0.2) is 42.9 Å². The molecule has 2 aromatic rings. The van der Waals surface area contributed by atoms with E-state index in [1.165, 1.54) is 31.4 Å². The molecule has 0 aliphatic heterocycles. The van der Waals surface area contributed by atoms with E-state index in [0.29, 0.717) is 11.3 Å². The van der Waals surface area contributed by atoms with Crippen molar-refractivity contribution in [3.8, 4) is 6.01 Å². The SMILES string of the molecule is COc1n[nH]c(NC(=O)c2ccc(NS(C)(=O)=O)cc2)n1. The molecule has 9 nitrogen and oxygen atoms in total. The van der Waals surface area contributed by atoms with E-state index in [1.54, 1.807) is 0 Å². The Kier molecular flexibility index (Phi) is 4.08. The molecule has 0 aliphatic rings. The highest BCUT2D eigenvalue weighted by atomic mass is 32.2. The van der Waals surface area contributed by atoms with Crippen molar-refractivity contribution < 1.29 is 17.9 Å². The molecule has 0 aliphatic carbocycles. The van der Waals surface area contributed by atoms with Crippen molar-refractivity contribution >= 4 is 27.6 Å². The van der Waals surface area contributed by atoms with Gasteiger partial charge < -0.3 is 4.74 Å². The van der Waals surface area contributed by atoms with E-state index < -0.39 is 15.9 Å². The summed E-state index contributed by atoms with van der Waals surface area (Å²) in [5.41, 5.74) is 0.708. The van der Waals surface area contributed by atoms with Crippen molar-refractivity contribution in [3.05, 3.63) is 29.8 Å². The minimum absolute atomic E-state index is 0.109. The lowest BCUT2D eigenvalue weighted by Gasteiger charge is -2.05. The molecule has 0 atom stereocenters. The number of aromatic nitrogens is 3. The van der Waals surface area contributed by atoms with Gasteiger partial charge in [-0.15, -0.1) is 5.10 Å². The number of methoxy groups -OCH3 is 1. The Morgan fingerprint density at radius 3 is 2.48 bits per heavy atom. The van der Waals surface area contributed by atoms with Crippen LogP contribution in [0.5, 0.6) is 6.01 Å². The van der Waals surface area contributed by atoms with Gasteiger partial charge in [0.2, 0.25) is 16.0 Å². The van der Waals surface area contributed by atoms with E-state index in [-0.39, 0.29) is 12.0 Å². The Morgan fingerprint density at radius 2 is 1.95 bits per heavy atom. The van der Waals surface area contributed by atoms with Crippen molar-refractivity contribution in [1.29, 1.82) is 0 Å². The lowest BCUT2D eigenvalue weighted by atomic mass is 10.2. The Balaban J connectivity index is 2.06. The van der Waals surface area contributed by atoms with E-state index in [0.717, 1.165) is 6.26 Å². The monoisotopic (exact) mass is 311 g/mol. The zero-order valence-corrected chi connectivity index (χ0v) is 12.1. The van der Waals surface area contributed by atoms with Crippen molar-refractivity contribution in [2.24, 2.45) is 0 Å². The molecule has 0 spiro atoms. The van der Waals surface area contributed by atoms with Crippen molar-refractivity contribution in [1.82, 2.24) is 15.2 Å². The van der Waals surface area contributed by atoms with Crippen LogP contribution in [0.2, 0.25) is 0 Å². The number of hydrogen-bond donors (Lipinski definition) is 3. The van der Waals surface area contributed by atoms with Gasteiger partial charge in [0.25, 0.3) is 5.91 Å². The topological polar surface area (TPSA) is 126 Å². The first-order chi connectivity index (χ1) is 9.87. The van der Waals surface area contributed by atoms with Crippen LogP contribution in [-0.2, 0) is 10.0 Å². The molecule has 0 saturated carbocycles. The van der Waals surface area contributed by atoms with Crippen LogP contribution in [0, 0.1) is 0 Å². The largest absolute Gasteiger partial charge is 0.466 e. The Hall–Kier alpha value is -2.62. The van der Waals surface area contributed by atoms with Crippen molar-refractivity contribution in [2.75, 3.05) is 23.4 Å². The maximum Gasteiger partial charge on any atom is 0.336 e. The molecule has 112 valence electrons. The van der Waals surface area contributed by atoms with Gasteiger partial charge in [0.15, 0.2) is 0 Å². The third-order valence-electron chi connectivity index (χ3n) is 2.33. The first-order valence-electron chi connectivity index (χ1n) is 5.73. The van der Waals surface area contributed by atoms with Gasteiger partial charge in [0.05, 0.1) is 13.4 Å². The quantitative estimate of drug-likeness (QED) is 0.735. The number of amides is 1. The highest BCUT2D eigenvalue weighted by Crippen LogP contribution is 2.12. The minimum atomic E-state index is -3.35. The molecule has 2 rings (SSSR count). The summed E-state index contributed by atoms with van der Waals surface area (Å²) in [6, 6.07) is 6.04. The molecule has 1 aromatic heterocycles. The van der Waals surface area contributed by atoms with Crippen LogP contribution < -0.4 is 14.8 Å². The number of sulfonamides is 1. The zero-order valence-electron chi connectivity index (χ0n) is 11.2. The van der Waals surface area contributed by atoms with Gasteiger partial charge in [-0.25, -0.2) is 13.5 Å². The molecular formula is C11H13N5O4S. The predicted octanol–water partition coefficient (Wildman–Crippen LogP) is 0.437. The number of H-pyrrole nitrogens is 1. The maximum atomic E-state index is 11.9. The molecule has 3 N–H and O–H groups in total. The number of nitrogens with zero attached hydrogens (tertiary/aromatic N) is 2. The number of hydrogen-bond acceptors (Lipinski definition) is 6. The number of benzene rings is 1. The van der Waals surface area contributed by atoms with Crippen LogP contribution in [0.3, 0.4) is 0 Å². The Bertz CT molecular complexity index is 738. The summed E-state index contributed by atoms with van der Waals surface area (Å²) in [7, 11) is -1.94. The van der Waals surface area contributed by atoms with Gasteiger partial charge in [-0.3, -0.25) is 14.8 Å². The van der Waals surface area contributed by atoms with Gasteiger partial charge >= 0.3 is 6.01 Å². The highest BCUT2D eigenvalue weighted by molar-refractivity contribution is 7.92. The summed E-state index contributed by atoms with van der Waals surface area (Å²) in [4.78, 5) is 15.8. The van der Waals surface area contributed by atoms with E-state index >= 15 is 0 Å². The summed E-state index contributed by atoms with van der Waals surface area (Å²) in [6.07, 6.45) is 1.05. The molecule has 0 bridgehead atoms. The lowest BCUT2D eigenvalue weighted by Crippen LogP contribution is -2.13. The number of carbonyl (C=O) groups is 1. The van der Waals surface area contributed by atoms with E-state index in [2.05, 4.69) is 25.2 Å². The maximum absolute atomic E-state index is 11.9. The van der Waals surface area contributed by atoms with Gasteiger partial charge in [0.1, 0.15) is 0 Å². The minimum Gasteiger partial charge on any atom is -0.466 e. The lowest BCUT2D eigenvalue weighted by molar-refractivity contribution is 0.102. The van der Waals surface area contributed by atoms with Crippen molar-refractivity contribution in [3.63, 3.8) is 0 Å². The number of nitrogens with one attached hydrogen (secondary N) is 3. The highest BCUT2D eigenvalue weighted by Gasteiger charge is 2.10. The molecule has 0 fully saturated rings. The van der Waals surface area contributed by atoms with Crippen LogP contribution in [0.1, 0.15) is 10.4 Å². The Morgan fingerprint density at radius 1 is 1.29 bits per heavy atom. The van der Waals surface area contributed by atoms with Gasteiger partial charge in [-0.05, 0) is 24.3 Å². The predicted molar refractivity (Wildman–Crippen MR) is 75.8 cm³/mol. The molecular weight excluding hydrogens is 298 g/mol. The molecule has 0 saturated heterocycles. The van der Waals surface area contributed by atoms with E-state index in [4.69, 9.17) is 4.74 Å². The summed E-state index contributed by atoms with van der Waals surface area (Å²) < 4.78 is 29.2. The summed E-state index contributed by atoms with van der Waals surface area (Å²) in [5.74, 6) is -0.269. The third kappa shape index (κ3) is 4.18. The molecule has 21 heavy (non-hydrogen) atoms. The number of ether oxygens (including phenoxy) is 1. The number of aromatic amines is 1. The smallest absolute Gasteiger partial charge is 0.336 e. The van der Waals surface area contributed by atoms with Crippen LogP contribution in [0.4, 0.5) is 11.6 Å². The Labute approximate surface area is 120 Å². The van der Waals surface area contributed by atoms with Crippen LogP contribution >= 0.6 is 0 Å².